The van der Waals surface area contributed by atoms with E-state index in [0.29, 0.717) is 21.5 Å². The molecule has 3 N–H and O–H groups in total. The first-order chi connectivity index (χ1) is 11.5. The van der Waals surface area contributed by atoms with Gasteiger partial charge in [0.15, 0.2) is 0 Å². The van der Waals surface area contributed by atoms with Gasteiger partial charge in [-0.2, -0.15) is 0 Å². The largest absolute Gasteiger partial charge is 0.462 e. The van der Waals surface area contributed by atoms with Crippen molar-refractivity contribution in [2.45, 2.75) is 6.92 Å². The van der Waals surface area contributed by atoms with E-state index in [2.05, 4.69) is 9.97 Å². The average Bonchev–Trinajstić information content (AvgIpc) is 2.91. The maximum absolute atomic E-state index is 12.6. The molecule has 24 heavy (non-hydrogen) atoms. The molecule has 0 amide bonds. The van der Waals surface area contributed by atoms with Gasteiger partial charge in [-0.3, -0.25) is 9.78 Å². The molecule has 0 atom stereocenters. The number of halogens is 1. The Balaban J connectivity index is 2.19. The number of H-pyrrole nitrogens is 1. The van der Waals surface area contributed by atoms with E-state index >= 15 is 0 Å². The Bertz CT molecular complexity index is 935. The summed E-state index contributed by atoms with van der Waals surface area (Å²) in [5.74, 6) is -0.862. The van der Waals surface area contributed by atoms with Gasteiger partial charge in [-0.05, 0) is 31.2 Å². The van der Waals surface area contributed by atoms with Crippen LogP contribution in [0.15, 0.2) is 36.7 Å². The van der Waals surface area contributed by atoms with Crippen molar-refractivity contribution < 1.29 is 14.3 Å². The first-order valence-electron chi connectivity index (χ1n) is 7.25. The third-order valence-electron chi connectivity index (χ3n) is 3.55. The van der Waals surface area contributed by atoms with Crippen molar-refractivity contribution in [1.29, 1.82) is 0 Å². The molecule has 0 saturated carbocycles. The second kappa shape index (κ2) is 6.33. The van der Waals surface area contributed by atoms with Crippen molar-refractivity contribution >= 4 is 39.9 Å². The zero-order valence-electron chi connectivity index (χ0n) is 12.8. The Hall–Kier alpha value is -2.86. The number of anilines is 1. The Morgan fingerprint density at radius 1 is 1.38 bits per heavy atom. The molecule has 6 nitrogen and oxygen atoms in total. The molecule has 0 fully saturated rings. The van der Waals surface area contributed by atoms with E-state index in [9.17, 15) is 9.59 Å². The number of hydrogen-bond donors (Lipinski definition) is 2. The molecular weight excluding hydrogens is 330 g/mol. The number of carbonyl (C=O) groups is 2. The van der Waals surface area contributed by atoms with E-state index in [4.69, 9.17) is 22.1 Å². The number of hydrogen-bond acceptors (Lipinski definition) is 5. The van der Waals surface area contributed by atoms with E-state index in [-0.39, 0.29) is 29.3 Å². The molecule has 2 aromatic heterocycles. The molecule has 0 saturated heterocycles. The van der Waals surface area contributed by atoms with Gasteiger partial charge in [0.1, 0.15) is 5.69 Å². The highest BCUT2D eigenvalue weighted by Crippen LogP contribution is 2.32. The number of benzene rings is 1. The van der Waals surface area contributed by atoms with Gasteiger partial charge in [0.05, 0.1) is 23.4 Å². The number of fused-ring (bicyclic) bond motifs is 1. The Labute approximate surface area is 142 Å². The summed E-state index contributed by atoms with van der Waals surface area (Å²) in [6, 6.07) is 6.38. The predicted octanol–water partition coefficient (Wildman–Crippen LogP) is 3.21. The lowest BCUT2D eigenvalue weighted by Crippen LogP contribution is -2.07. The quantitative estimate of drug-likeness (QED) is 0.560. The molecule has 0 spiro atoms. The topological polar surface area (TPSA) is 98.1 Å². The number of carbonyl (C=O) groups excluding carboxylic acids is 2. The molecule has 0 radical (unpaired) electrons. The highest BCUT2D eigenvalue weighted by Gasteiger charge is 2.22. The van der Waals surface area contributed by atoms with Crippen LogP contribution in [0.1, 0.15) is 33.3 Å². The molecule has 0 unspecified atom stereocenters. The molecule has 0 aliphatic carbocycles. The van der Waals surface area contributed by atoms with Crippen molar-refractivity contribution in [2.24, 2.45) is 0 Å². The van der Waals surface area contributed by atoms with Crippen molar-refractivity contribution in [3.05, 3.63) is 58.5 Å². The van der Waals surface area contributed by atoms with Gasteiger partial charge in [-0.15, -0.1) is 0 Å². The van der Waals surface area contributed by atoms with Gasteiger partial charge in [-0.25, -0.2) is 4.79 Å². The summed E-state index contributed by atoms with van der Waals surface area (Å²) in [4.78, 5) is 31.7. The number of aromatic amines is 1. The summed E-state index contributed by atoms with van der Waals surface area (Å²) in [5, 5.41) is 0.761. The average molecular weight is 344 g/mol. The fourth-order valence-corrected chi connectivity index (χ4v) is 2.73. The van der Waals surface area contributed by atoms with Crippen LogP contribution in [-0.2, 0) is 4.74 Å². The second-order valence-corrected chi connectivity index (χ2v) is 5.52. The SMILES string of the molecule is CCOC(=O)c1cc(Cl)cc2[nH]c(C(=O)c3cccnc3)c(N)c12. The number of nitrogens with two attached hydrogens (primary N) is 1. The number of aromatic nitrogens is 2. The van der Waals surface area contributed by atoms with Crippen LogP contribution in [0.4, 0.5) is 5.69 Å². The van der Waals surface area contributed by atoms with Crippen molar-refractivity contribution in [3.8, 4) is 0 Å². The van der Waals surface area contributed by atoms with Gasteiger partial charge in [0.2, 0.25) is 5.78 Å². The number of nitrogens with one attached hydrogen (secondary N) is 1. The Morgan fingerprint density at radius 3 is 2.83 bits per heavy atom. The molecule has 0 aliphatic rings. The van der Waals surface area contributed by atoms with Crippen LogP contribution in [0, 0.1) is 0 Å². The lowest BCUT2D eigenvalue weighted by Gasteiger charge is -2.05. The number of esters is 1. The van der Waals surface area contributed by atoms with Gasteiger partial charge < -0.3 is 15.5 Å². The minimum absolute atomic E-state index is 0.179. The third kappa shape index (κ3) is 2.72. The number of ether oxygens (including phenoxy) is 1. The number of rotatable bonds is 4. The first-order valence-corrected chi connectivity index (χ1v) is 7.63. The highest BCUT2D eigenvalue weighted by molar-refractivity contribution is 6.32. The standard InChI is InChI=1S/C17H14ClN3O3/c1-2-24-17(23)11-6-10(18)7-12-13(11)14(19)15(21-12)16(22)9-4-3-5-20-8-9/h3-8,21H,2,19H2,1H3. The van der Waals surface area contributed by atoms with Gasteiger partial charge in [0.25, 0.3) is 0 Å². The van der Waals surface area contributed by atoms with Crippen LogP contribution in [0.3, 0.4) is 0 Å². The molecule has 7 heteroatoms. The lowest BCUT2D eigenvalue weighted by atomic mass is 10.1. The Kier molecular flexibility index (Phi) is 4.22. The molecule has 0 aliphatic heterocycles. The maximum atomic E-state index is 12.6. The number of nitrogens with zero attached hydrogens (tertiary/aromatic N) is 1. The molecule has 3 rings (SSSR count). The number of pyridine rings is 1. The van der Waals surface area contributed by atoms with E-state index in [1.165, 1.54) is 12.3 Å². The smallest absolute Gasteiger partial charge is 0.338 e. The normalized spacial score (nSPS) is 10.8. The Morgan fingerprint density at radius 2 is 2.17 bits per heavy atom. The fourth-order valence-electron chi connectivity index (χ4n) is 2.51. The highest BCUT2D eigenvalue weighted by atomic mass is 35.5. The minimum atomic E-state index is -0.545. The lowest BCUT2D eigenvalue weighted by molar-refractivity contribution is 0.0528. The van der Waals surface area contributed by atoms with E-state index in [0.717, 1.165) is 0 Å². The molecule has 122 valence electrons. The first kappa shape index (κ1) is 16.0. The van der Waals surface area contributed by atoms with Crippen LogP contribution in [-0.4, -0.2) is 28.3 Å². The van der Waals surface area contributed by atoms with Gasteiger partial charge >= 0.3 is 5.97 Å². The fraction of sp³-hybridized carbons (Fsp3) is 0.118. The molecule has 0 bridgehead atoms. The van der Waals surface area contributed by atoms with Crippen LogP contribution >= 0.6 is 11.6 Å². The van der Waals surface area contributed by atoms with E-state index in [1.54, 1.807) is 31.3 Å². The molecule has 2 heterocycles. The van der Waals surface area contributed by atoms with Crippen LogP contribution < -0.4 is 5.73 Å². The number of nitrogen functional groups attached to an aromatic ring is 1. The number of ketones is 1. The summed E-state index contributed by atoms with van der Waals surface area (Å²) in [5.41, 5.74) is 7.61. The van der Waals surface area contributed by atoms with Gasteiger partial charge in [-0.1, -0.05) is 11.6 Å². The van der Waals surface area contributed by atoms with E-state index < -0.39 is 5.97 Å². The summed E-state index contributed by atoms with van der Waals surface area (Å²) >= 11 is 6.06. The second-order valence-electron chi connectivity index (χ2n) is 5.08. The van der Waals surface area contributed by atoms with Crippen LogP contribution in [0.2, 0.25) is 5.02 Å². The van der Waals surface area contributed by atoms with E-state index in [1.807, 2.05) is 0 Å². The molecule has 1 aromatic carbocycles. The zero-order chi connectivity index (χ0) is 17.3. The summed E-state index contributed by atoms with van der Waals surface area (Å²) in [7, 11) is 0. The zero-order valence-corrected chi connectivity index (χ0v) is 13.6. The third-order valence-corrected chi connectivity index (χ3v) is 3.77. The summed E-state index contributed by atoms with van der Waals surface area (Å²) < 4.78 is 5.04. The predicted molar refractivity (Wildman–Crippen MR) is 91.3 cm³/mol. The monoisotopic (exact) mass is 343 g/mol. The summed E-state index contributed by atoms with van der Waals surface area (Å²) in [6.07, 6.45) is 3.02. The van der Waals surface area contributed by atoms with Crippen molar-refractivity contribution in [3.63, 3.8) is 0 Å². The van der Waals surface area contributed by atoms with Crippen LogP contribution in [0.25, 0.3) is 10.9 Å². The minimum Gasteiger partial charge on any atom is -0.462 e. The van der Waals surface area contributed by atoms with Gasteiger partial charge in [0, 0.05) is 28.4 Å². The van der Waals surface area contributed by atoms with Crippen LogP contribution in [0.5, 0.6) is 0 Å². The van der Waals surface area contributed by atoms with Crippen molar-refractivity contribution in [2.75, 3.05) is 12.3 Å². The molecular formula is C17H14ClN3O3. The molecule has 3 aromatic rings. The van der Waals surface area contributed by atoms with Crippen molar-refractivity contribution in [1.82, 2.24) is 9.97 Å². The summed E-state index contributed by atoms with van der Waals surface area (Å²) in [6.45, 7) is 1.93. The maximum Gasteiger partial charge on any atom is 0.338 e.